The van der Waals surface area contributed by atoms with Gasteiger partial charge in [-0.1, -0.05) is 48.5 Å². The summed E-state index contributed by atoms with van der Waals surface area (Å²) in [4.78, 5) is 16.8. The van der Waals surface area contributed by atoms with Gasteiger partial charge >= 0.3 is 0 Å². The predicted octanol–water partition coefficient (Wildman–Crippen LogP) is 2.70. The molecule has 3 rings (SSSR count). The number of fused-ring (bicyclic) bond motifs is 1. The Bertz CT molecular complexity index is 782. The van der Waals surface area contributed by atoms with Crippen LogP contribution >= 0.6 is 0 Å². The molecule has 0 fully saturated rings. The first-order valence-corrected chi connectivity index (χ1v) is 7.10. The van der Waals surface area contributed by atoms with Gasteiger partial charge in [0.15, 0.2) is 0 Å². The second kappa shape index (κ2) is 6.37. The molecule has 0 aliphatic heterocycles. The quantitative estimate of drug-likeness (QED) is 0.777. The number of carbonyl (C=O) groups excluding carboxylic acids is 1. The Balaban J connectivity index is 1.90. The summed E-state index contributed by atoms with van der Waals surface area (Å²) in [6, 6.07) is 18.2. The van der Waals surface area contributed by atoms with Crippen LogP contribution in [0.1, 0.15) is 22.0 Å². The molecule has 0 unspecified atom stereocenters. The standard InChI is InChI=1S/C18H16N2O2/c21-12-17(13-6-2-1-3-7-13)20-18(22)15-10-11-19-16-9-5-4-8-14(15)16/h1-11,17,21H,12H2,(H,20,22)/t17-/m1/s1. The summed E-state index contributed by atoms with van der Waals surface area (Å²) in [6.45, 7) is -0.154. The zero-order valence-corrected chi connectivity index (χ0v) is 11.9. The second-order valence-corrected chi connectivity index (χ2v) is 4.99. The average Bonchev–Trinajstić information content (AvgIpc) is 2.59. The van der Waals surface area contributed by atoms with Gasteiger partial charge in [0.1, 0.15) is 0 Å². The van der Waals surface area contributed by atoms with Gasteiger partial charge in [0.2, 0.25) is 0 Å². The van der Waals surface area contributed by atoms with Gasteiger partial charge < -0.3 is 10.4 Å². The van der Waals surface area contributed by atoms with Crippen LogP contribution in [0.25, 0.3) is 10.9 Å². The molecule has 0 spiro atoms. The van der Waals surface area contributed by atoms with E-state index in [1.165, 1.54) is 0 Å². The van der Waals surface area contributed by atoms with E-state index in [1.807, 2.05) is 54.6 Å². The summed E-state index contributed by atoms with van der Waals surface area (Å²) >= 11 is 0. The Labute approximate surface area is 128 Å². The summed E-state index contributed by atoms with van der Waals surface area (Å²) in [5, 5.41) is 13.2. The molecule has 0 radical (unpaired) electrons. The number of rotatable bonds is 4. The van der Waals surface area contributed by atoms with E-state index >= 15 is 0 Å². The first-order valence-electron chi connectivity index (χ1n) is 7.10. The van der Waals surface area contributed by atoms with Crippen molar-refractivity contribution < 1.29 is 9.90 Å². The van der Waals surface area contributed by atoms with Crippen molar-refractivity contribution in [1.29, 1.82) is 0 Å². The largest absolute Gasteiger partial charge is 0.394 e. The van der Waals surface area contributed by atoms with Crippen LogP contribution in [0.5, 0.6) is 0 Å². The molecule has 4 nitrogen and oxygen atoms in total. The third-order valence-corrected chi connectivity index (χ3v) is 3.58. The molecule has 2 N–H and O–H groups in total. The monoisotopic (exact) mass is 292 g/mol. The van der Waals surface area contributed by atoms with Gasteiger partial charge in [0, 0.05) is 11.6 Å². The molecule has 0 saturated heterocycles. The number of aromatic nitrogens is 1. The lowest BCUT2D eigenvalue weighted by atomic mass is 10.1. The van der Waals surface area contributed by atoms with Gasteiger partial charge in [-0.2, -0.15) is 0 Å². The van der Waals surface area contributed by atoms with Crippen LogP contribution in [-0.4, -0.2) is 22.6 Å². The molecule has 1 atom stereocenters. The van der Waals surface area contributed by atoms with Crippen LogP contribution in [0.3, 0.4) is 0 Å². The Hall–Kier alpha value is -2.72. The van der Waals surface area contributed by atoms with Crippen LogP contribution in [0, 0.1) is 0 Å². The number of hydrogen-bond donors (Lipinski definition) is 2. The van der Waals surface area contributed by atoms with Gasteiger partial charge in [0.25, 0.3) is 5.91 Å². The highest BCUT2D eigenvalue weighted by Crippen LogP contribution is 2.18. The number of pyridine rings is 1. The molecule has 1 aromatic heterocycles. The van der Waals surface area contributed by atoms with Crippen molar-refractivity contribution in [3.8, 4) is 0 Å². The van der Waals surface area contributed by atoms with Gasteiger partial charge in [-0.3, -0.25) is 9.78 Å². The van der Waals surface area contributed by atoms with E-state index in [2.05, 4.69) is 10.3 Å². The van der Waals surface area contributed by atoms with Crippen LogP contribution < -0.4 is 5.32 Å². The Morgan fingerprint density at radius 1 is 1.05 bits per heavy atom. The average molecular weight is 292 g/mol. The molecular weight excluding hydrogens is 276 g/mol. The molecule has 0 bridgehead atoms. The van der Waals surface area contributed by atoms with Crippen molar-refractivity contribution in [3.63, 3.8) is 0 Å². The van der Waals surface area contributed by atoms with E-state index in [-0.39, 0.29) is 12.5 Å². The minimum atomic E-state index is -0.430. The minimum absolute atomic E-state index is 0.154. The maximum Gasteiger partial charge on any atom is 0.252 e. The topological polar surface area (TPSA) is 62.2 Å². The third kappa shape index (κ3) is 2.82. The SMILES string of the molecule is O=C(N[C@H](CO)c1ccccc1)c1ccnc2ccccc12. The van der Waals surface area contributed by atoms with E-state index in [4.69, 9.17) is 0 Å². The first kappa shape index (κ1) is 14.2. The molecule has 0 aliphatic carbocycles. The molecule has 22 heavy (non-hydrogen) atoms. The smallest absolute Gasteiger partial charge is 0.252 e. The van der Waals surface area contributed by atoms with Crippen molar-refractivity contribution >= 4 is 16.8 Å². The van der Waals surface area contributed by atoms with Crippen molar-refractivity contribution in [2.24, 2.45) is 0 Å². The van der Waals surface area contributed by atoms with Crippen LogP contribution in [0.15, 0.2) is 66.9 Å². The number of nitrogens with one attached hydrogen (secondary N) is 1. The highest BCUT2D eigenvalue weighted by molar-refractivity contribution is 6.06. The van der Waals surface area contributed by atoms with Gasteiger partial charge in [-0.05, 0) is 17.7 Å². The second-order valence-electron chi connectivity index (χ2n) is 4.99. The molecule has 2 aromatic carbocycles. The molecule has 0 aliphatic rings. The van der Waals surface area contributed by atoms with Crippen molar-refractivity contribution in [3.05, 3.63) is 78.0 Å². The summed E-state index contributed by atoms with van der Waals surface area (Å²) in [5.74, 6) is -0.221. The van der Waals surface area contributed by atoms with Gasteiger partial charge in [-0.15, -0.1) is 0 Å². The van der Waals surface area contributed by atoms with Gasteiger partial charge in [-0.25, -0.2) is 0 Å². The van der Waals surface area contributed by atoms with Gasteiger partial charge in [0.05, 0.1) is 23.7 Å². The number of carbonyl (C=O) groups is 1. The normalized spacial score (nSPS) is 12.0. The molecule has 3 aromatic rings. The number of hydrogen-bond acceptors (Lipinski definition) is 3. The molecule has 0 saturated carbocycles. The van der Waals surface area contributed by atoms with E-state index in [1.54, 1.807) is 12.3 Å². The number of benzene rings is 2. The fraction of sp³-hybridized carbons (Fsp3) is 0.111. The van der Waals surface area contributed by atoms with E-state index in [9.17, 15) is 9.90 Å². The molecule has 110 valence electrons. The molecule has 4 heteroatoms. The highest BCUT2D eigenvalue weighted by Gasteiger charge is 2.16. The molecule has 1 amide bonds. The van der Waals surface area contributed by atoms with Crippen LogP contribution in [-0.2, 0) is 0 Å². The molecular formula is C18H16N2O2. The highest BCUT2D eigenvalue weighted by atomic mass is 16.3. The lowest BCUT2D eigenvalue weighted by Gasteiger charge is -2.17. The lowest BCUT2D eigenvalue weighted by Crippen LogP contribution is -2.30. The fourth-order valence-corrected chi connectivity index (χ4v) is 2.45. The predicted molar refractivity (Wildman–Crippen MR) is 85.5 cm³/mol. The zero-order chi connectivity index (χ0) is 15.4. The van der Waals surface area contributed by atoms with E-state index < -0.39 is 6.04 Å². The Morgan fingerprint density at radius 2 is 1.77 bits per heavy atom. The lowest BCUT2D eigenvalue weighted by molar-refractivity contribution is 0.0918. The number of aliphatic hydroxyl groups is 1. The van der Waals surface area contributed by atoms with Crippen LogP contribution in [0.2, 0.25) is 0 Å². The summed E-state index contributed by atoms with van der Waals surface area (Å²) in [7, 11) is 0. The maximum absolute atomic E-state index is 12.6. The fourth-order valence-electron chi connectivity index (χ4n) is 2.45. The van der Waals surface area contributed by atoms with E-state index in [0.29, 0.717) is 5.56 Å². The summed E-state index contributed by atoms with van der Waals surface area (Å²) in [5.41, 5.74) is 2.20. The Morgan fingerprint density at radius 3 is 2.55 bits per heavy atom. The Kier molecular flexibility index (Phi) is 4.12. The van der Waals surface area contributed by atoms with E-state index in [0.717, 1.165) is 16.5 Å². The van der Waals surface area contributed by atoms with Crippen LogP contribution in [0.4, 0.5) is 0 Å². The summed E-state index contributed by atoms with van der Waals surface area (Å²) in [6.07, 6.45) is 1.62. The van der Waals surface area contributed by atoms with Crippen molar-refractivity contribution in [1.82, 2.24) is 10.3 Å². The number of amides is 1. The maximum atomic E-state index is 12.6. The number of para-hydroxylation sites is 1. The third-order valence-electron chi connectivity index (χ3n) is 3.58. The molecule has 1 heterocycles. The summed E-state index contributed by atoms with van der Waals surface area (Å²) < 4.78 is 0. The minimum Gasteiger partial charge on any atom is -0.394 e. The zero-order valence-electron chi connectivity index (χ0n) is 11.9. The van der Waals surface area contributed by atoms with Crippen molar-refractivity contribution in [2.75, 3.05) is 6.61 Å². The number of aliphatic hydroxyl groups excluding tert-OH is 1. The van der Waals surface area contributed by atoms with Crippen molar-refractivity contribution in [2.45, 2.75) is 6.04 Å². The first-order chi connectivity index (χ1) is 10.8. The number of nitrogens with zero attached hydrogens (tertiary/aromatic N) is 1.